The quantitative estimate of drug-likeness (QED) is 0.653. The van der Waals surface area contributed by atoms with Crippen molar-refractivity contribution in [1.29, 1.82) is 0 Å². The molecule has 2 aliphatic rings. The molecule has 7 nitrogen and oxygen atoms in total. The number of aliphatic hydroxyl groups is 1. The van der Waals surface area contributed by atoms with Gasteiger partial charge in [-0.1, -0.05) is 25.5 Å². The number of anilines is 1. The van der Waals surface area contributed by atoms with E-state index in [1.807, 2.05) is 24.3 Å². The van der Waals surface area contributed by atoms with E-state index in [1.54, 1.807) is 0 Å². The van der Waals surface area contributed by atoms with Crippen LogP contribution in [0.2, 0.25) is 0 Å². The van der Waals surface area contributed by atoms with Crippen LogP contribution in [0.25, 0.3) is 0 Å². The molecule has 1 aromatic carbocycles. The Hall–Kier alpha value is -2.54. The Bertz CT molecular complexity index is 737. The Morgan fingerprint density at radius 2 is 1.93 bits per heavy atom. The lowest BCUT2D eigenvalue weighted by Gasteiger charge is -2.32. The molecule has 3 rings (SSSR count). The normalized spacial score (nSPS) is 20.6. The molecule has 2 aliphatic heterocycles. The van der Waals surface area contributed by atoms with Crippen LogP contribution in [-0.4, -0.2) is 43.4 Å². The average molecular weight is 387 g/mol. The van der Waals surface area contributed by atoms with Crippen molar-refractivity contribution in [2.45, 2.75) is 51.2 Å². The second-order valence-electron chi connectivity index (χ2n) is 7.33. The number of benzene rings is 1. The molecule has 152 valence electrons. The second kappa shape index (κ2) is 9.10. The van der Waals surface area contributed by atoms with Crippen LogP contribution in [0.5, 0.6) is 0 Å². The highest BCUT2D eigenvalue weighted by molar-refractivity contribution is 5.95. The fourth-order valence-corrected chi connectivity index (χ4v) is 3.77. The van der Waals surface area contributed by atoms with Crippen LogP contribution in [0.3, 0.4) is 0 Å². The Morgan fingerprint density at radius 3 is 2.54 bits per heavy atom. The maximum absolute atomic E-state index is 12.5. The number of allylic oxidation sites excluding steroid dienone is 1. The Kier molecular flexibility index (Phi) is 6.57. The van der Waals surface area contributed by atoms with Crippen molar-refractivity contribution in [2.75, 3.05) is 25.1 Å². The number of amides is 2. The van der Waals surface area contributed by atoms with Crippen molar-refractivity contribution in [2.24, 2.45) is 0 Å². The summed E-state index contributed by atoms with van der Waals surface area (Å²) in [6.45, 7) is 3.70. The average Bonchev–Trinajstić information content (AvgIpc) is 2.72. The van der Waals surface area contributed by atoms with Gasteiger partial charge < -0.3 is 25.4 Å². The number of nitrogens with one attached hydrogen (secondary N) is 2. The van der Waals surface area contributed by atoms with Gasteiger partial charge in [-0.05, 0) is 43.4 Å². The smallest absolute Gasteiger partial charge is 0.337 e. The van der Waals surface area contributed by atoms with Gasteiger partial charge in [-0.15, -0.1) is 0 Å². The first-order valence-electron chi connectivity index (χ1n) is 9.95. The number of nitrogens with zero attached hydrogens (tertiary/aromatic N) is 1. The van der Waals surface area contributed by atoms with Gasteiger partial charge in [0.2, 0.25) is 0 Å². The summed E-state index contributed by atoms with van der Waals surface area (Å²) >= 11 is 0. The van der Waals surface area contributed by atoms with Crippen LogP contribution in [0, 0.1) is 0 Å². The second-order valence-corrected chi connectivity index (χ2v) is 7.33. The highest BCUT2D eigenvalue weighted by Gasteiger charge is 2.33. The highest BCUT2D eigenvalue weighted by Crippen LogP contribution is 2.31. The van der Waals surface area contributed by atoms with Gasteiger partial charge in [0.05, 0.1) is 24.8 Å². The lowest BCUT2D eigenvalue weighted by atomic mass is 9.93. The summed E-state index contributed by atoms with van der Waals surface area (Å²) in [6.07, 6.45) is 3.78. The summed E-state index contributed by atoms with van der Waals surface area (Å²) in [7, 11) is 1.36. The molecule has 3 N–H and O–H groups in total. The van der Waals surface area contributed by atoms with Gasteiger partial charge in [-0.2, -0.15) is 0 Å². The summed E-state index contributed by atoms with van der Waals surface area (Å²) < 4.78 is 5.00. The molecule has 2 heterocycles. The summed E-state index contributed by atoms with van der Waals surface area (Å²) in [5.74, 6) is -0.433. The standard InChI is InChI=1S/C21H29N3O4/c1-3-4-5-17-18(20(26)28-2)19(23-21(27)22-17)14-6-8-15(9-7-14)24-12-10-16(25)11-13-24/h6-9,16,19,25H,3-5,10-13H2,1-2H3,(H2,22,23,27). The van der Waals surface area contributed by atoms with Crippen LogP contribution in [0.1, 0.15) is 50.6 Å². The molecule has 28 heavy (non-hydrogen) atoms. The Balaban J connectivity index is 1.86. The number of urea groups is 1. The van der Waals surface area contributed by atoms with E-state index in [4.69, 9.17) is 4.74 Å². The lowest BCUT2D eigenvalue weighted by molar-refractivity contribution is -0.136. The predicted octanol–water partition coefficient (Wildman–Crippen LogP) is 2.62. The fourth-order valence-electron chi connectivity index (χ4n) is 3.77. The molecule has 0 spiro atoms. The first kappa shape index (κ1) is 20.2. The Morgan fingerprint density at radius 1 is 1.25 bits per heavy atom. The van der Waals surface area contributed by atoms with Crippen molar-refractivity contribution in [3.05, 3.63) is 41.1 Å². The zero-order valence-electron chi connectivity index (χ0n) is 16.5. The number of piperidine rings is 1. The molecular weight excluding hydrogens is 358 g/mol. The number of esters is 1. The van der Waals surface area contributed by atoms with Crippen molar-refractivity contribution in [3.63, 3.8) is 0 Å². The molecular formula is C21H29N3O4. The monoisotopic (exact) mass is 387 g/mol. The van der Waals surface area contributed by atoms with Gasteiger partial charge in [0.1, 0.15) is 0 Å². The van der Waals surface area contributed by atoms with Crippen LogP contribution >= 0.6 is 0 Å². The van der Waals surface area contributed by atoms with E-state index >= 15 is 0 Å². The van der Waals surface area contributed by atoms with Gasteiger partial charge in [0.25, 0.3) is 0 Å². The number of unbranched alkanes of at least 4 members (excludes halogenated alkanes) is 1. The van der Waals surface area contributed by atoms with E-state index in [-0.39, 0.29) is 12.1 Å². The van der Waals surface area contributed by atoms with E-state index in [0.717, 1.165) is 50.0 Å². The highest BCUT2D eigenvalue weighted by atomic mass is 16.5. The van der Waals surface area contributed by atoms with Crippen LogP contribution in [-0.2, 0) is 9.53 Å². The number of ether oxygens (including phenoxy) is 1. The molecule has 0 aromatic heterocycles. The third-order valence-electron chi connectivity index (χ3n) is 5.40. The molecule has 7 heteroatoms. The number of carbonyl (C=O) groups is 2. The van der Waals surface area contributed by atoms with E-state index in [9.17, 15) is 14.7 Å². The number of rotatable bonds is 6. The van der Waals surface area contributed by atoms with Gasteiger partial charge in [0, 0.05) is 24.5 Å². The third-order valence-corrected chi connectivity index (χ3v) is 5.40. The van der Waals surface area contributed by atoms with Gasteiger partial charge >= 0.3 is 12.0 Å². The SMILES string of the molecule is CCCCC1=C(C(=O)OC)C(c2ccc(N3CCC(O)CC3)cc2)NC(=O)N1. The molecule has 1 saturated heterocycles. The predicted molar refractivity (Wildman–Crippen MR) is 107 cm³/mol. The van der Waals surface area contributed by atoms with E-state index in [2.05, 4.69) is 22.5 Å². The molecule has 1 unspecified atom stereocenters. The minimum Gasteiger partial charge on any atom is -0.466 e. The van der Waals surface area contributed by atoms with Crippen LogP contribution in [0.15, 0.2) is 35.5 Å². The number of hydrogen-bond acceptors (Lipinski definition) is 5. The Labute approximate surface area is 165 Å². The van der Waals surface area contributed by atoms with E-state index in [1.165, 1.54) is 7.11 Å². The molecule has 2 amide bonds. The summed E-state index contributed by atoms with van der Waals surface area (Å²) in [4.78, 5) is 26.9. The van der Waals surface area contributed by atoms with Crippen LogP contribution in [0.4, 0.5) is 10.5 Å². The zero-order chi connectivity index (χ0) is 20.1. The van der Waals surface area contributed by atoms with E-state index in [0.29, 0.717) is 17.7 Å². The topological polar surface area (TPSA) is 90.9 Å². The van der Waals surface area contributed by atoms with Crippen LogP contribution < -0.4 is 15.5 Å². The number of aliphatic hydroxyl groups excluding tert-OH is 1. The maximum Gasteiger partial charge on any atom is 0.337 e. The minimum absolute atomic E-state index is 0.213. The first-order valence-corrected chi connectivity index (χ1v) is 9.95. The fraction of sp³-hybridized carbons (Fsp3) is 0.524. The van der Waals surface area contributed by atoms with Crippen molar-refractivity contribution in [1.82, 2.24) is 10.6 Å². The molecule has 1 aromatic rings. The molecule has 0 aliphatic carbocycles. The molecule has 0 saturated carbocycles. The maximum atomic E-state index is 12.5. The molecule has 0 radical (unpaired) electrons. The largest absolute Gasteiger partial charge is 0.466 e. The van der Waals surface area contributed by atoms with Gasteiger partial charge in [-0.25, -0.2) is 9.59 Å². The van der Waals surface area contributed by atoms with Crippen molar-refractivity contribution >= 4 is 17.7 Å². The van der Waals surface area contributed by atoms with Crippen molar-refractivity contribution < 1.29 is 19.4 Å². The minimum atomic E-state index is -0.537. The third kappa shape index (κ3) is 4.47. The summed E-state index contributed by atoms with van der Waals surface area (Å²) in [6, 6.07) is 7.04. The number of hydrogen-bond donors (Lipinski definition) is 3. The molecule has 0 bridgehead atoms. The number of methoxy groups -OCH3 is 1. The number of carbonyl (C=O) groups excluding carboxylic acids is 2. The molecule has 1 atom stereocenters. The summed E-state index contributed by atoms with van der Waals surface area (Å²) in [5.41, 5.74) is 3.01. The van der Waals surface area contributed by atoms with Crippen molar-refractivity contribution in [3.8, 4) is 0 Å². The lowest BCUT2D eigenvalue weighted by Crippen LogP contribution is -2.45. The summed E-state index contributed by atoms with van der Waals surface area (Å²) in [5, 5.41) is 15.3. The molecule has 1 fully saturated rings. The van der Waals surface area contributed by atoms with Gasteiger partial charge in [-0.3, -0.25) is 0 Å². The van der Waals surface area contributed by atoms with E-state index < -0.39 is 12.0 Å². The van der Waals surface area contributed by atoms with Gasteiger partial charge in [0.15, 0.2) is 0 Å². The first-order chi connectivity index (χ1) is 13.5. The zero-order valence-corrected chi connectivity index (χ0v) is 16.5.